The molecule has 4 nitrogen and oxygen atoms in total. The van der Waals surface area contributed by atoms with E-state index in [0.717, 1.165) is 5.56 Å². The van der Waals surface area contributed by atoms with Gasteiger partial charge in [0.15, 0.2) is 0 Å². The molecular weight excluding hydrogens is 166 g/mol. The zero-order valence-electron chi connectivity index (χ0n) is 7.79. The fourth-order valence-electron chi connectivity index (χ4n) is 0.889. The monoisotopic (exact) mass is 179 g/mol. The first-order valence-electron chi connectivity index (χ1n) is 4.09. The van der Waals surface area contributed by atoms with E-state index in [1.54, 1.807) is 19.3 Å². The molecule has 0 aromatic carbocycles. The topological polar surface area (TPSA) is 54.0 Å². The molecule has 1 amide bonds. The Kier molecular flexibility index (Phi) is 3.40. The van der Waals surface area contributed by atoms with Crippen LogP contribution in [0.1, 0.15) is 5.56 Å². The predicted octanol–water partition coefficient (Wildman–Crippen LogP) is 0.548. The molecule has 0 saturated heterocycles. The van der Waals surface area contributed by atoms with Gasteiger partial charge < -0.3 is 10.6 Å². The van der Waals surface area contributed by atoms with E-state index in [9.17, 15) is 4.79 Å². The second-order valence-electron chi connectivity index (χ2n) is 2.80. The van der Waals surface area contributed by atoms with Crippen molar-refractivity contribution >= 4 is 11.7 Å². The average molecular weight is 179 g/mol. The summed E-state index contributed by atoms with van der Waals surface area (Å²) < 4.78 is 0. The van der Waals surface area contributed by atoms with E-state index in [1.165, 1.54) is 0 Å². The van der Waals surface area contributed by atoms with E-state index in [4.69, 9.17) is 0 Å². The minimum absolute atomic E-state index is 0.0844. The van der Waals surface area contributed by atoms with Crippen LogP contribution < -0.4 is 10.6 Å². The average Bonchev–Trinajstić information content (AvgIpc) is 2.09. The third-order valence-electron chi connectivity index (χ3n) is 1.52. The van der Waals surface area contributed by atoms with Crippen LogP contribution in [0, 0.1) is 6.92 Å². The Morgan fingerprint density at radius 2 is 2.31 bits per heavy atom. The summed E-state index contributed by atoms with van der Waals surface area (Å²) >= 11 is 0. The highest BCUT2D eigenvalue weighted by Crippen LogP contribution is 2.02. The van der Waals surface area contributed by atoms with E-state index >= 15 is 0 Å². The van der Waals surface area contributed by atoms with Crippen LogP contribution in [-0.2, 0) is 4.79 Å². The smallest absolute Gasteiger partial charge is 0.239 e. The summed E-state index contributed by atoms with van der Waals surface area (Å²) in [5.41, 5.74) is 1.08. The second kappa shape index (κ2) is 4.57. The molecule has 13 heavy (non-hydrogen) atoms. The first kappa shape index (κ1) is 9.67. The number of anilines is 1. The third-order valence-corrected chi connectivity index (χ3v) is 1.52. The van der Waals surface area contributed by atoms with Crippen molar-refractivity contribution in [3.63, 3.8) is 0 Å². The van der Waals surface area contributed by atoms with E-state index < -0.39 is 0 Å². The molecule has 70 valence electrons. The van der Waals surface area contributed by atoms with Crippen molar-refractivity contribution in [1.29, 1.82) is 0 Å². The lowest BCUT2D eigenvalue weighted by atomic mass is 10.3. The number of carbonyl (C=O) groups excluding carboxylic acids is 1. The summed E-state index contributed by atoms with van der Waals surface area (Å²) in [6, 6.07) is 3.69. The molecule has 0 spiro atoms. The van der Waals surface area contributed by atoms with E-state index in [-0.39, 0.29) is 5.91 Å². The van der Waals surface area contributed by atoms with Crippen LogP contribution >= 0.6 is 0 Å². The quantitative estimate of drug-likeness (QED) is 0.712. The van der Waals surface area contributed by atoms with Gasteiger partial charge in [-0.15, -0.1) is 0 Å². The number of hydrogen-bond acceptors (Lipinski definition) is 3. The van der Waals surface area contributed by atoms with Crippen molar-refractivity contribution in [3.05, 3.63) is 23.9 Å². The molecule has 0 aliphatic heterocycles. The van der Waals surface area contributed by atoms with Crippen molar-refractivity contribution in [2.45, 2.75) is 6.92 Å². The van der Waals surface area contributed by atoms with Crippen LogP contribution in [0.15, 0.2) is 18.3 Å². The Labute approximate surface area is 77.4 Å². The Bertz CT molecular complexity index is 281. The highest BCUT2D eigenvalue weighted by atomic mass is 16.1. The highest BCUT2D eigenvalue weighted by molar-refractivity contribution is 5.91. The summed E-state index contributed by atoms with van der Waals surface area (Å²) in [7, 11) is 1.72. The first-order valence-corrected chi connectivity index (χ1v) is 4.09. The standard InChI is InChI=1S/C9H13N3O/c1-7-3-4-8(11-5-7)12-9(13)6-10-2/h3-5,10H,6H2,1-2H3,(H,11,12,13). The van der Waals surface area contributed by atoms with Gasteiger partial charge in [0.2, 0.25) is 5.91 Å². The van der Waals surface area contributed by atoms with Gasteiger partial charge in [0, 0.05) is 6.20 Å². The molecule has 0 fully saturated rings. The molecule has 1 aromatic rings. The number of rotatable bonds is 3. The molecule has 0 aliphatic rings. The van der Waals surface area contributed by atoms with Gasteiger partial charge in [-0.05, 0) is 25.6 Å². The van der Waals surface area contributed by atoms with Crippen LogP contribution in [-0.4, -0.2) is 24.5 Å². The Morgan fingerprint density at radius 3 is 2.85 bits per heavy atom. The molecule has 0 aliphatic carbocycles. The summed E-state index contributed by atoms with van der Waals surface area (Å²) in [5.74, 6) is 0.504. The van der Waals surface area contributed by atoms with Crippen LogP contribution in [0.2, 0.25) is 0 Å². The molecule has 0 saturated carbocycles. The zero-order chi connectivity index (χ0) is 9.68. The summed E-state index contributed by atoms with van der Waals surface area (Å²) in [4.78, 5) is 15.1. The van der Waals surface area contributed by atoms with Crippen LogP contribution in [0.25, 0.3) is 0 Å². The molecule has 0 atom stereocenters. The van der Waals surface area contributed by atoms with Gasteiger partial charge in [-0.1, -0.05) is 6.07 Å². The van der Waals surface area contributed by atoms with Gasteiger partial charge in [0.1, 0.15) is 5.82 Å². The summed E-state index contributed by atoms with van der Waals surface area (Å²) in [6.45, 7) is 2.25. The lowest BCUT2D eigenvalue weighted by Gasteiger charge is -2.03. The Hall–Kier alpha value is -1.42. The Morgan fingerprint density at radius 1 is 1.54 bits per heavy atom. The van der Waals surface area contributed by atoms with Gasteiger partial charge in [-0.3, -0.25) is 4.79 Å². The lowest BCUT2D eigenvalue weighted by Crippen LogP contribution is -2.25. The van der Waals surface area contributed by atoms with Crippen molar-refractivity contribution in [3.8, 4) is 0 Å². The van der Waals surface area contributed by atoms with Crippen molar-refractivity contribution in [2.75, 3.05) is 18.9 Å². The largest absolute Gasteiger partial charge is 0.311 e. The number of hydrogen-bond donors (Lipinski definition) is 2. The number of nitrogens with one attached hydrogen (secondary N) is 2. The molecule has 1 aromatic heterocycles. The minimum atomic E-state index is -0.0844. The number of amides is 1. The number of pyridine rings is 1. The molecule has 0 unspecified atom stereocenters. The van der Waals surface area contributed by atoms with Crippen molar-refractivity contribution in [2.24, 2.45) is 0 Å². The SMILES string of the molecule is CNCC(=O)Nc1ccc(C)cn1. The highest BCUT2D eigenvalue weighted by Gasteiger charge is 1.99. The predicted molar refractivity (Wildman–Crippen MR) is 51.5 cm³/mol. The molecular formula is C9H13N3O. The molecule has 4 heteroatoms. The molecule has 1 heterocycles. The van der Waals surface area contributed by atoms with Crippen LogP contribution in [0.3, 0.4) is 0 Å². The Balaban J connectivity index is 2.54. The normalized spacial score (nSPS) is 9.69. The lowest BCUT2D eigenvalue weighted by molar-refractivity contribution is -0.115. The third kappa shape index (κ3) is 3.21. The van der Waals surface area contributed by atoms with Gasteiger partial charge in [-0.2, -0.15) is 0 Å². The number of nitrogens with zero attached hydrogens (tertiary/aromatic N) is 1. The van der Waals surface area contributed by atoms with Crippen LogP contribution in [0.5, 0.6) is 0 Å². The number of likely N-dealkylation sites (N-methyl/N-ethyl adjacent to an activating group) is 1. The van der Waals surface area contributed by atoms with E-state index in [1.807, 2.05) is 13.0 Å². The molecule has 0 bridgehead atoms. The summed E-state index contributed by atoms with van der Waals surface area (Å²) in [5, 5.41) is 5.42. The number of aromatic nitrogens is 1. The number of carbonyl (C=O) groups is 1. The fraction of sp³-hybridized carbons (Fsp3) is 0.333. The summed E-state index contributed by atoms with van der Waals surface area (Å²) in [6.07, 6.45) is 1.72. The van der Waals surface area contributed by atoms with E-state index in [2.05, 4.69) is 15.6 Å². The van der Waals surface area contributed by atoms with Gasteiger partial charge in [-0.25, -0.2) is 4.98 Å². The molecule has 0 radical (unpaired) electrons. The fourth-order valence-corrected chi connectivity index (χ4v) is 0.889. The van der Waals surface area contributed by atoms with E-state index in [0.29, 0.717) is 12.4 Å². The van der Waals surface area contributed by atoms with Crippen molar-refractivity contribution in [1.82, 2.24) is 10.3 Å². The van der Waals surface area contributed by atoms with Gasteiger partial charge >= 0.3 is 0 Å². The van der Waals surface area contributed by atoms with Gasteiger partial charge in [0.25, 0.3) is 0 Å². The molecule has 1 rings (SSSR count). The molecule has 2 N–H and O–H groups in total. The van der Waals surface area contributed by atoms with Crippen molar-refractivity contribution < 1.29 is 4.79 Å². The minimum Gasteiger partial charge on any atom is -0.311 e. The zero-order valence-corrected chi connectivity index (χ0v) is 7.79. The second-order valence-corrected chi connectivity index (χ2v) is 2.80. The van der Waals surface area contributed by atoms with Crippen LogP contribution in [0.4, 0.5) is 5.82 Å². The van der Waals surface area contributed by atoms with Gasteiger partial charge in [0.05, 0.1) is 6.54 Å². The maximum Gasteiger partial charge on any atom is 0.239 e. The maximum absolute atomic E-state index is 11.1. The first-order chi connectivity index (χ1) is 6.22. The number of aryl methyl sites for hydroxylation is 1. The maximum atomic E-state index is 11.1.